The number of hydrogen-bond donors (Lipinski definition) is 1. The highest BCUT2D eigenvalue weighted by molar-refractivity contribution is 6.32. The van der Waals surface area contributed by atoms with Crippen LogP contribution < -0.4 is 5.32 Å². The fraction of sp³-hybridized carbons (Fsp3) is 0.615. The summed E-state index contributed by atoms with van der Waals surface area (Å²) in [5.74, 6) is 0.804. The number of rotatable bonds is 2. The van der Waals surface area contributed by atoms with Crippen molar-refractivity contribution in [2.24, 2.45) is 5.92 Å². The number of nitrogens with one attached hydrogen (secondary N) is 1. The fourth-order valence-corrected chi connectivity index (χ4v) is 3.47. The predicted molar refractivity (Wildman–Crippen MR) is 74.0 cm³/mol. The molecule has 1 aromatic rings. The Morgan fingerprint density at radius 3 is 3.00 bits per heavy atom. The SMILES string of the molecule is Clc1ccc(CN2C[C@@H]3CCCN[C@@H]3C2)c(Cl)n1. The molecule has 2 saturated heterocycles. The molecule has 0 spiro atoms. The highest BCUT2D eigenvalue weighted by Crippen LogP contribution is 2.27. The summed E-state index contributed by atoms with van der Waals surface area (Å²) in [5.41, 5.74) is 1.07. The molecule has 2 atom stereocenters. The second-order valence-corrected chi connectivity index (χ2v) is 5.99. The largest absolute Gasteiger partial charge is 0.312 e. The second-order valence-electron chi connectivity index (χ2n) is 5.24. The third kappa shape index (κ3) is 2.64. The van der Waals surface area contributed by atoms with Crippen molar-refractivity contribution in [2.45, 2.75) is 25.4 Å². The molecular weight excluding hydrogens is 269 g/mol. The molecule has 0 unspecified atom stereocenters. The van der Waals surface area contributed by atoms with Gasteiger partial charge in [0.1, 0.15) is 10.3 Å². The van der Waals surface area contributed by atoms with Crippen molar-refractivity contribution in [3.05, 3.63) is 28.0 Å². The van der Waals surface area contributed by atoms with Gasteiger partial charge in [0.25, 0.3) is 0 Å². The number of fused-ring (bicyclic) bond motifs is 1. The molecule has 18 heavy (non-hydrogen) atoms. The van der Waals surface area contributed by atoms with Gasteiger partial charge in [0, 0.05) is 31.2 Å². The molecule has 1 aromatic heterocycles. The van der Waals surface area contributed by atoms with Crippen LogP contribution in [0.4, 0.5) is 0 Å². The van der Waals surface area contributed by atoms with E-state index in [2.05, 4.69) is 15.2 Å². The lowest BCUT2D eigenvalue weighted by Crippen LogP contribution is -2.40. The van der Waals surface area contributed by atoms with Gasteiger partial charge in [-0.25, -0.2) is 4.98 Å². The van der Waals surface area contributed by atoms with Gasteiger partial charge in [-0.1, -0.05) is 29.3 Å². The van der Waals surface area contributed by atoms with Crippen molar-refractivity contribution in [1.29, 1.82) is 0 Å². The Labute approximate surface area is 117 Å². The first-order chi connectivity index (χ1) is 8.72. The first-order valence-electron chi connectivity index (χ1n) is 6.49. The van der Waals surface area contributed by atoms with E-state index >= 15 is 0 Å². The van der Waals surface area contributed by atoms with Crippen LogP contribution in [0, 0.1) is 5.92 Å². The van der Waals surface area contributed by atoms with Crippen LogP contribution in [0.1, 0.15) is 18.4 Å². The minimum Gasteiger partial charge on any atom is -0.312 e. The van der Waals surface area contributed by atoms with E-state index in [1.807, 2.05) is 12.1 Å². The smallest absolute Gasteiger partial charge is 0.135 e. The van der Waals surface area contributed by atoms with Crippen LogP contribution in [0.3, 0.4) is 0 Å². The molecule has 2 aliphatic rings. The number of hydrogen-bond acceptors (Lipinski definition) is 3. The Bertz CT molecular complexity index is 424. The Morgan fingerprint density at radius 1 is 1.33 bits per heavy atom. The van der Waals surface area contributed by atoms with E-state index < -0.39 is 0 Å². The topological polar surface area (TPSA) is 28.2 Å². The lowest BCUT2D eigenvalue weighted by Gasteiger charge is -2.24. The molecule has 0 saturated carbocycles. The zero-order valence-corrected chi connectivity index (χ0v) is 11.7. The summed E-state index contributed by atoms with van der Waals surface area (Å²) < 4.78 is 0. The quantitative estimate of drug-likeness (QED) is 0.847. The number of piperidine rings is 1. The van der Waals surface area contributed by atoms with Gasteiger partial charge in [0.2, 0.25) is 0 Å². The van der Waals surface area contributed by atoms with E-state index in [1.54, 1.807) is 0 Å². The molecule has 5 heteroatoms. The summed E-state index contributed by atoms with van der Waals surface area (Å²) in [6, 6.07) is 4.45. The Hall–Kier alpha value is -0.350. The van der Waals surface area contributed by atoms with Crippen LogP contribution in [-0.2, 0) is 6.54 Å². The molecule has 3 rings (SSSR count). The Morgan fingerprint density at radius 2 is 2.22 bits per heavy atom. The molecule has 3 nitrogen and oxygen atoms in total. The van der Waals surface area contributed by atoms with Crippen LogP contribution in [0.15, 0.2) is 12.1 Å². The zero-order chi connectivity index (χ0) is 12.5. The average Bonchev–Trinajstić information content (AvgIpc) is 2.75. The molecular formula is C13H17Cl2N3. The van der Waals surface area contributed by atoms with E-state index in [0.29, 0.717) is 16.3 Å². The molecule has 3 heterocycles. The predicted octanol–water partition coefficient (Wildman–Crippen LogP) is 2.57. The van der Waals surface area contributed by atoms with E-state index in [9.17, 15) is 0 Å². The van der Waals surface area contributed by atoms with Gasteiger partial charge in [0.15, 0.2) is 0 Å². The minimum absolute atomic E-state index is 0.459. The molecule has 0 radical (unpaired) electrons. The van der Waals surface area contributed by atoms with Gasteiger partial charge < -0.3 is 5.32 Å². The van der Waals surface area contributed by atoms with Crippen molar-refractivity contribution in [3.8, 4) is 0 Å². The average molecular weight is 286 g/mol. The van der Waals surface area contributed by atoms with Gasteiger partial charge >= 0.3 is 0 Å². The summed E-state index contributed by atoms with van der Waals surface area (Å²) in [7, 11) is 0. The van der Waals surface area contributed by atoms with Crippen LogP contribution in [0.2, 0.25) is 10.3 Å². The lowest BCUT2D eigenvalue weighted by atomic mass is 9.94. The summed E-state index contributed by atoms with van der Waals surface area (Å²) >= 11 is 11.9. The summed E-state index contributed by atoms with van der Waals surface area (Å²) in [5, 5.41) is 4.60. The number of aromatic nitrogens is 1. The second kappa shape index (κ2) is 5.33. The van der Waals surface area contributed by atoms with Crippen molar-refractivity contribution in [2.75, 3.05) is 19.6 Å². The number of nitrogens with zero attached hydrogens (tertiary/aromatic N) is 2. The van der Waals surface area contributed by atoms with E-state index in [0.717, 1.165) is 37.7 Å². The highest BCUT2D eigenvalue weighted by Gasteiger charge is 2.34. The van der Waals surface area contributed by atoms with Gasteiger partial charge in [0.05, 0.1) is 0 Å². The van der Waals surface area contributed by atoms with Crippen molar-refractivity contribution < 1.29 is 0 Å². The summed E-state index contributed by atoms with van der Waals surface area (Å²) in [4.78, 5) is 6.56. The minimum atomic E-state index is 0.459. The molecule has 0 bridgehead atoms. The van der Waals surface area contributed by atoms with Gasteiger partial charge in [-0.3, -0.25) is 4.90 Å². The van der Waals surface area contributed by atoms with Crippen molar-refractivity contribution in [1.82, 2.24) is 15.2 Å². The number of likely N-dealkylation sites (tertiary alicyclic amines) is 1. The number of halogens is 2. The van der Waals surface area contributed by atoms with Crippen molar-refractivity contribution in [3.63, 3.8) is 0 Å². The standard InChI is InChI=1S/C13H17Cl2N3/c14-12-4-3-10(13(15)17-12)7-18-6-9-2-1-5-16-11(9)8-18/h3-4,9,11,16H,1-2,5-8H2/t9-,11+/m0/s1. The lowest BCUT2D eigenvalue weighted by molar-refractivity contribution is 0.312. The molecule has 2 fully saturated rings. The van der Waals surface area contributed by atoms with Crippen LogP contribution in [0.5, 0.6) is 0 Å². The monoisotopic (exact) mass is 285 g/mol. The Balaban J connectivity index is 1.66. The van der Waals surface area contributed by atoms with Gasteiger partial charge in [-0.05, 0) is 31.4 Å². The third-order valence-corrected chi connectivity index (χ3v) is 4.50. The maximum Gasteiger partial charge on any atom is 0.135 e. The van der Waals surface area contributed by atoms with Crippen LogP contribution in [0.25, 0.3) is 0 Å². The van der Waals surface area contributed by atoms with E-state index in [1.165, 1.54) is 12.8 Å². The molecule has 98 valence electrons. The van der Waals surface area contributed by atoms with Gasteiger partial charge in [-0.2, -0.15) is 0 Å². The summed E-state index contributed by atoms with van der Waals surface area (Å²) in [6.45, 7) is 4.32. The highest BCUT2D eigenvalue weighted by atomic mass is 35.5. The van der Waals surface area contributed by atoms with E-state index in [-0.39, 0.29) is 0 Å². The maximum absolute atomic E-state index is 6.12. The van der Waals surface area contributed by atoms with Crippen molar-refractivity contribution >= 4 is 23.2 Å². The fourth-order valence-electron chi connectivity index (χ4n) is 3.06. The molecule has 1 N–H and O–H groups in total. The van der Waals surface area contributed by atoms with E-state index in [4.69, 9.17) is 23.2 Å². The zero-order valence-electron chi connectivity index (χ0n) is 10.2. The third-order valence-electron chi connectivity index (χ3n) is 3.96. The Kier molecular flexibility index (Phi) is 3.76. The molecule has 0 aromatic carbocycles. The first kappa shape index (κ1) is 12.7. The van der Waals surface area contributed by atoms with Gasteiger partial charge in [-0.15, -0.1) is 0 Å². The normalized spacial score (nSPS) is 28.3. The molecule has 0 aliphatic carbocycles. The number of pyridine rings is 1. The summed E-state index contributed by atoms with van der Waals surface area (Å²) in [6.07, 6.45) is 2.65. The van der Waals surface area contributed by atoms with Crippen LogP contribution in [-0.4, -0.2) is 35.6 Å². The molecule has 0 amide bonds. The maximum atomic E-state index is 6.12. The van der Waals surface area contributed by atoms with Crippen LogP contribution >= 0.6 is 23.2 Å². The molecule has 2 aliphatic heterocycles. The first-order valence-corrected chi connectivity index (χ1v) is 7.24.